The molecule has 0 aromatic carbocycles. The van der Waals surface area contributed by atoms with Gasteiger partial charge in [0, 0.05) is 18.2 Å². The molecule has 18 heavy (non-hydrogen) atoms. The fraction of sp³-hybridized carbons (Fsp3) is 0.250. The summed E-state index contributed by atoms with van der Waals surface area (Å²) in [5.41, 5.74) is 0. The van der Waals surface area contributed by atoms with Gasteiger partial charge in [0.05, 0.1) is 17.3 Å². The molecule has 6 nitrogen and oxygen atoms in total. The number of rotatable bonds is 3. The summed E-state index contributed by atoms with van der Waals surface area (Å²) in [6, 6.07) is 0. The van der Waals surface area contributed by atoms with E-state index < -0.39 is 0 Å². The van der Waals surface area contributed by atoms with Gasteiger partial charge in [0.2, 0.25) is 0 Å². The molecule has 0 saturated carbocycles. The zero-order chi connectivity index (χ0) is 13.7. The molecule has 1 aromatic rings. The number of aliphatic hydroxyl groups is 3. The van der Waals surface area contributed by atoms with Crippen LogP contribution in [0.1, 0.15) is 38.2 Å². The van der Waals surface area contributed by atoms with Crippen LogP contribution in [0.25, 0.3) is 18.2 Å². The molecular formula is C12H15N3O3. The first-order chi connectivity index (χ1) is 8.36. The van der Waals surface area contributed by atoms with Crippen LogP contribution in [0.5, 0.6) is 0 Å². The van der Waals surface area contributed by atoms with Gasteiger partial charge in [-0.1, -0.05) is 0 Å². The first-order valence-electron chi connectivity index (χ1n) is 5.24. The van der Waals surface area contributed by atoms with Crippen LogP contribution in [-0.4, -0.2) is 30.3 Å². The summed E-state index contributed by atoms with van der Waals surface area (Å²) in [4.78, 5) is 12.0. The van der Waals surface area contributed by atoms with E-state index in [0.717, 1.165) is 0 Å². The molecule has 6 heteroatoms. The predicted octanol–water partition coefficient (Wildman–Crippen LogP) is 2.63. The van der Waals surface area contributed by atoms with Gasteiger partial charge in [-0.3, -0.25) is 0 Å². The number of aliphatic hydroxyl groups excluding tert-OH is 3. The molecule has 0 bridgehead atoms. The number of hydrogen-bond donors (Lipinski definition) is 3. The molecule has 3 N–H and O–H groups in total. The highest BCUT2D eigenvalue weighted by atomic mass is 16.3. The topological polar surface area (TPSA) is 99.4 Å². The molecule has 0 saturated heterocycles. The van der Waals surface area contributed by atoms with Crippen molar-refractivity contribution in [3.05, 3.63) is 34.8 Å². The quantitative estimate of drug-likeness (QED) is 0.712. The molecule has 0 atom stereocenters. The number of nitrogens with zero attached hydrogens (tertiary/aromatic N) is 3. The molecule has 0 radical (unpaired) electrons. The summed E-state index contributed by atoms with van der Waals surface area (Å²) in [6.07, 6.45) is 4.07. The molecule has 0 amide bonds. The van der Waals surface area contributed by atoms with Gasteiger partial charge < -0.3 is 15.3 Å². The monoisotopic (exact) mass is 249 g/mol. The van der Waals surface area contributed by atoms with E-state index in [1.807, 2.05) is 0 Å². The van der Waals surface area contributed by atoms with E-state index in [0.29, 0.717) is 0 Å². The fourth-order valence-corrected chi connectivity index (χ4v) is 1.18. The van der Waals surface area contributed by atoms with Crippen LogP contribution < -0.4 is 0 Å². The Morgan fingerprint density at radius 2 is 0.889 bits per heavy atom. The molecule has 1 heterocycles. The van der Waals surface area contributed by atoms with Crippen LogP contribution in [0.15, 0.2) is 17.3 Å². The van der Waals surface area contributed by atoms with Gasteiger partial charge in [0.25, 0.3) is 0 Å². The summed E-state index contributed by atoms with van der Waals surface area (Å²) in [5.74, 6) is 0.868. The molecule has 0 fully saturated rings. The second-order valence-electron chi connectivity index (χ2n) is 3.77. The van der Waals surface area contributed by atoms with Gasteiger partial charge in [-0.25, -0.2) is 15.0 Å². The highest BCUT2D eigenvalue weighted by Gasteiger charge is 2.03. The van der Waals surface area contributed by atoms with Crippen molar-refractivity contribution in [1.82, 2.24) is 15.0 Å². The van der Waals surface area contributed by atoms with Crippen molar-refractivity contribution < 1.29 is 15.3 Å². The number of hydrogen-bond acceptors (Lipinski definition) is 6. The van der Waals surface area contributed by atoms with Crippen molar-refractivity contribution in [1.29, 1.82) is 0 Å². The van der Waals surface area contributed by atoms with Crippen LogP contribution in [0, 0.1) is 0 Å². The van der Waals surface area contributed by atoms with Gasteiger partial charge >= 0.3 is 0 Å². The normalized spacial score (nSPS) is 13.8. The summed E-state index contributed by atoms with van der Waals surface area (Å²) in [5, 5.41) is 27.5. The average molecular weight is 249 g/mol. The number of allylic oxidation sites excluding steroid dienone is 3. The van der Waals surface area contributed by atoms with E-state index in [1.165, 1.54) is 39.0 Å². The van der Waals surface area contributed by atoms with Crippen molar-refractivity contribution in [3.8, 4) is 0 Å². The molecule has 0 spiro atoms. The lowest BCUT2D eigenvalue weighted by atomic mass is 10.4. The first kappa shape index (κ1) is 13.7. The Labute approximate surface area is 105 Å². The minimum Gasteiger partial charge on any atom is -0.512 e. The van der Waals surface area contributed by atoms with E-state index in [-0.39, 0.29) is 34.8 Å². The van der Waals surface area contributed by atoms with Gasteiger partial charge in [0.15, 0.2) is 17.5 Å². The van der Waals surface area contributed by atoms with Crippen LogP contribution in [0.3, 0.4) is 0 Å². The Hall–Kier alpha value is -2.37. The maximum Gasteiger partial charge on any atom is 0.160 e. The second kappa shape index (κ2) is 5.81. The van der Waals surface area contributed by atoms with E-state index in [2.05, 4.69) is 15.0 Å². The molecule has 0 unspecified atom stereocenters. The third-order valence-electron chi connectivity index (χ3n) is 1.70. The zero-order valence-corrected chi connectivity index (χ0v) is 10.4. The summed E-state index contributed by atoms with van der Waals surface area (Å²) >= 11 is 0. The second-order valence-corrected chi connectivity index (χ2v) is 3.77. The Kier molecular flexibility index (Phi) is 4.42. The van der Waals surface area contributed by atoms with E-state index in [1.54, 1.807) is 0 Å². The van der Waals surface area contributed by atoms with E-state index in [9.17, 15) is 15.3 Å². The highest BCUT2D eigenvalue weighted by Crippen LogP contribution is 2.06. The van der Waals surface area contributed by atoms with E-state index >= 15 is 0 Å². The summed E-state index contributed by atoms with van der Waals surface area (Å²) in [6.45, 7) is 4.47. The average Bonchev–Trinajstić information content (AvgIpc) is 2.12. The molecule has 1 aromatic heterocycles. The van der Waals surface area contributed by atoms with Crippen molar-refractivity contribution >= 4 is 18.2 Å². The van der Waals surface area contributed by atoms with Crippen LogP contribution >= 0.6 is 0 Å². The zero-order valence-electron chi connectivity index (χ0n) is 10.4. The Morgan fingerprint density at radius 1 is 0.667 bits per heavy atom. The smallest absolute Gasteiger partial charge is 0.160 e. The first-order valence-corrected chi connectivity index (χ1v) is 5.24. The van der Waals surface area contributed by atoms with E-state index in [4.69, 9.17) is 0 Å². The Morgan fingerprint density at radius 3 is 1.06 bits per heavy atom. The van der Waals surface area contributed by atoms with Gasteiger partial charge in [-0.15, -0.1) is 0 Å². The summed E-state index contributed by atoms with van der Waals surface area (Å²) < 4.78 is 0. The molecule has 0 aliphatic heterocycles. The van der Waals surface area contributed by atoms with Crippen LogP contribution in [0.4, 0.5) is 0 Å². The largest absolute Gasteiger partial charge is 0.512 e. The predicted molar refractivity (Wildman–Crippen MR) is 68.7 cm³/mol. The minimum absolute atomic E-state index is 0.0486. The van der Waals surface area contributed by atoms with Crippen molar-refractivity contribution in [2.45, 2.75) is 20.8 Å². The molecule has 0 aliphatic carbocycles. The standard InChI is InChI=1S/C12H15N3O3/c1-7(16)4-10-13-11(5-8(2)17)15-12(14-10)6-9(3)18/h4-6,16-18H,1-3H3/b7-4-,8-5-,9-6+. The van der Waals surface area contributed by atoms with Crippen LogP contribution in [0.2, 0.25) is 0 Å². The van der Waals surface area contributed by atoms with Gasteiger partial charge in [-0.2, -0.15) is 0 Å². The van der Waals surface area contributed by atoms with Crippen LogP contribution in [-0.2, 0) is 0 Å². The fourth-order valence-electron chi connectivity index (χ4n) is 1.18. The third kappa shape index (κ3) is 4.65. The maximum atomic E-state index is 9.18. The minimum atomic E-state index is 0.0486. The molecule has 1 rings (SSSR count). The van der Waals surface area contributed by atoms with Crippen molar-refractivity contribution in [2.75, 3.05) is 0 Å². The highest BCUT2D eigenvalue weighted by molar-refractivity contribution is 5.51. The molecule has 96 valence electrons. The van der Waals surface area contributed by atoms with Crippen molar-refractivity contribution in [2.24, 2.45) is 0 Å². The lowest BCUT2D eigenvalue weighted by Crippen LogP contribution is -2.00. The van der Waals surface area contributed by atoms with Crippen molar-refractivity contribution in [3.63, 3.8) is 0 Å². The SMILES string of the molecule is C/C(O)=C/c1nc(/C=C(/C)O)nc(/C=C(\C)O)n1. The molecular weight excluding hydrogens is 234 g/mol. The Bertz CT molecular complexity index is 433. The Balaban J connectivity index is 3.33. The number of aromatic nitrogens is 3. The summed E-state index contributed by atoms with van der Waals surface area (Å²) in [7, 11) is 0. The van der Waals surface area contributed by atoms with Gasteiger partial charge in [-0.05, 0) is 20.8 Å². The lowest BCUT2D eigenvalue weighted by molar-refractivity contribution is 0.419. The lowest BCUT2D eigenvalue weighted by Gasteiger charge is -2.00. The maximum absolute atomic E-state index is 9.18. The molecule has 0 aliphatic rings. The third-order valence-corrected chi connectivity index (χ3v) is 1.70. The van der Waals surface area contributed by atoms with Gasteiger partial charge in [0.1, 0.15) is 0 Å².